The first-order valence-corrected chi connectivity index (χ1v) is 9.70. The van der Waals surface area contributed by atoms with Crippen LogP contribution in [0.15, 0.2) is 89.8 Å². The number of quaternary nitrogens is 1. The lowest BCUT2D eigenvalue weighted by molar-refractivity contribution is -0.433. The van der Waals surface area contributed by atoms with Crippen molar-refractivity contribution >= 4 is 10.0 Å². The van der Waals surface area contributed by atoms with Crippen LogP contribution in [0.1, 0.15) is 23.2 Å². The largest absolute Gasteiger partial charge is 0.508 e. The molecule has 0 aromatic heterocycles. The number of rotatable bonds is 6. The number of phenols is 1. The van der Waals surface area contributed by atoms with Crippen molar-refractivity contribution in [2.24, 2.45) is 0 Å². The molecule has 2 atom stereocenters. The van der Waals surface area contributed by atoms with Crippen LogP contribution in [0, 0.1) is 0 Å². The van der Waals surface area contributed by atoms with Crippen molar-refractivity contribution < 1.29 is 19.3 Å². The minimum absolute atomic E-state index is 0.0166. The van der Waals surface area contributed by atoms with Gasteiger partial charge in [0.25, 0.3) is 0 Å². The minimum Gasteiger partial charge on any atom is -0.508 e. The molecule has 26 heavy (non-hydrogen) atoms. The van der Waals surface area contributed by atoms with Gasteiger partial charge in [-0.15, -0.1) is 0 Å². The van der Waals surface area contributed by atoms with Gasteiger partial charge in [0.15, 0.2) is 0 Å². The second kappa shape index (κ2) is 7.70. The third-order valence-electron chi connectivity index (χ3n) is 4.22. The quantitative estimate of drug-likeness (QED) is 0.623. The topological polar surface area (TPSA) is 94.0 Å². The number of sulfonamides is 1. The number of nitrogens with one attached hydrogen (secondary N) is 1. The van der Waals surface area contributed by atoms with Gasteiger partial charge in [0.05, 0.1) is 4.90 Å². The SMILES string of the molecule is [NH3+][C@H](c1ccccc1)[C@H](NS(=O)(=O)c1ccc(O)cc1)c1ccccc1. The highest BCUT2D eigenvalue weighted by Crippen LogP contribution is 2.27. The lowest BCUT2D eigenvalue weighted by Crippen LogP contribution is -2.59. The van der Waals surface area contributed by atoms with E-state index in [-0.39, 0.29) is 16.7 Å². The Labute approximate surface area is 153 Å². The van der Waals surface area contributed by atoms with E-state index < -0.39 is 16.1 Å². The normalized spacial score (nSPS) is 13.9. The molecule has 0 aliphatic heterocycles. The van der Waals surface area contributed by atoms with Crippen LogP contribution in [-0.4, -0.2) is 13.5 Å². The van der Waals surface area contributed by atoms with Gasteiger partial charge in [-0.3, -0.25) is 0 Å². The van der Waals surface area contributed by atoms with E-state index in [0.29, 0.717) is 0 Å². The molecule has 0 spiro atoms. The van der Waals surface area contributed by atoms with Gasteiger partial charge in [0.2, 0.25) is 10.0 Å². The van der Waals surface area contributed by atoms with Gasteiger partial charge in [-0.2, -0.15) is 4.72 Å². The predicted octanol–water partition coefficient (Wildman–Crippen LogP) is 2.40. The monoisotopic (exact) mass is 369 g/mol. The smallest absolute Gasteiger partial charge is 0.241 e. The molecule has 134 valence electrons. The fourth-order valence-electron chi connectivity index (χ4n) is 2.80. The Hall–Kier alpha value is -2.67. The Morgan fingerprint density at radius 2 is 1.27 bits per heavy atom. The maximum atomic E-state index is 12.8. The Kier molecular flexibility index (Phi) is 5.37. The highest BCUT2D eigenvalue weighted by molar-refractivity contribution is 7.89. The Morgan fingerprint density at radius 3 is 1.81 bits per heavy atom. The van der Waals surface area contributed by atoms with Crippen molar-refractivity contribution in [1.82, 2.24) is 4.72 Å². The van der Waals surface area contributed by atoms with Gasteiger partial charge in [0.1, 0.15) is 17.8 Å². The van der Waals surface area contributed by atoms with E-state index in [2.05, 4.69) is 10.5 Å². The summed E-state index contributed by atoms with van der Waals surface area (Å²) in [6, 6.07) is 23.6. The van der Waals surface area contributed by atoms with Crippen LogP contribution in [-0.2, 0) is 10.0 Å². The van der Waals surface area contributed by atoms with E-state index in [0.717, 1.165) is 11.1 Å². The van der Waals surface area contributed by atoms with E-state index >= 15 is 0 Å². The minimum atomic E-state index is -3.78. The van der Waals surface area contributed by atoms with Crippen LogP contribution in [0.4, 0.5) is 0 Å². The number of phenolic OH excluding ortho intramolecular Hbond substituents is 1. The summed E-state index contributed by atoms with van der Waals surface area (Å²) in [5.74, 6) is 0.0166. The molecule has 0 amide bonds. The first kappa shape index (κ1) is 18.1. The molecule has 5 nitrogen and oxygen atoms in total. The zero-order valence-electron chi connectivity index (χ0n) is 14.1. The second-order valence-electron chi connectivity index (χ2n) is 6.02. The van der Waals surface area contributed by atoms with Gasteiger partial charge in [-0.05, 0) is 29.8 Å². The fourth-order valence-corrected chi connectivity index (χ4v) is 4.06. The van der Waals surface area contributed by atoms with Crippen molar-refractivity contribution in [2.75, 3.05) is 0 Å². The molecule has 3 aromatic rings. The molecule has 3 aromatic carbocycles. The summed E-state index contributed by atoms with van der Waals surface area (Å²) < 4.78 is 28.5. The van der Waals surface area contributed by atoms with E-state index in [1.165, 1.54) is 24.3 Å². The lowest BCUT2D eigenvalue weighted by atomic mass is 9.95. The molecule has 0 aliphatic rings. The van der Waals surface area contributed by atoms with Gasteiger partial charge in [-0.1, -0.05) is 60.7 Å². The number of hydrogen-bond donors (Lipinski definition) is 3. The maximum Gasteiger partial charge on any atom is 0.241 e. The third-order valence-corrected chi connectivity index (χ3v) is 5.67. The molecule has 0 saturated carbocycles. The van der Waals surface area contributed by atoms with Gasteiger partial charge >= 0.3 is 0 Å². The summed E-state index contributed by atoms with van der Waals surface area (Å²) in [4.78, 5) is 0.0940. The van der Waals surface area contributed by atoms with E-state index in [9.17, 15) is 13.5 Å². The van der Waals surface area contributed by atoms with Crippen LogP contribution in [0.3, 0.4) is 0 Å². The molecular weight excluding hydrogens is 348 g/mol. The Bertz CT molecular complexity index is 943. The zero-order chi connectivity index (χ0) is 18.6. The average molecular weight is 369 g/mol. The van der Waals surface area contributed by atoms with E-state index in [4.69, 9.17) is 0 Å². The van der Waals surface area contributed by atoms with Crippen LogP contribution in [0.25, 0.3) is 0 Å². The van der Waals surface area contributed by atoms with Crippen LogP contribution >= 0.6 is 0 Å². The molecule has 0 heterocycles. The molecule has 3 rings (SSSR count). The Morgan fingerprint density at radius 1 is 0.769 bits per heavy atom. The number of aromatic hydroxyl groups is 1. The molecule has 0 saturated heterocycles. The molecule has 0 aliphatic carbocycles. The number of hydrogen-bond acceptors (Lipinski definition) is 3. The van der Waals surface area contributed by atoms with Crippen molar-refractivity contribution in [3.05, 3.63) is 96.1 Å². The first-order valence-electron chi connectivity index (χ1n) is 8.22. The molecule has 0 unspecified atom stereocenters. The summed E-state index contributed by atoms with van der Waals surface area (Å²) in [7, 11) is -3.78. The van der Waals surface area contributed by atoms with E-state index in [1.807, 2.05) is 60.7 Å². The fraction of sp³-hybridized carbons (Fsp3) is 0.100. The highest BCUT2D eigenvalue weighted by atomic mass is 32.2. The van der Waals surface area contributed by atoms with Crippen molar-refractivity contribution in [3.8, 4) is 5.75 Å². The van der Waals surface area contributed by atoms with Crippen LogP contribution in [0.2, 0.25) is 0 Å². The zero-order valence-corrected chi connectivity index (χ0v) is 14.9. The molecule has 5 N–H and O–H groups in total. The van der Waals surface area contributed by atoms with Gasteiger partial charge in [0, 0.05) is 5.56 Å². The molecule has 0 fully saturated rings. The summed E-state index contributed by atoms with van der Waals surface area (Å²) >= 11 is 0. The Balaban J connectivity index is 1.97. The van der Waals surface area contributed by atoms with Crippen molar-refractivity contribution in [2.45, 2.75) is 17.0 Å². The van der Waals surface area contributed by atoms with E-state index in [1.54, 1.807) is 0 Å². The summed E-state index contributed by atoms with van der Waals surface area (Å²) in [5, 5.41) is 9.39. The van der Waals surface area contributed by atoms with Gasteiger partial charge < -0.3 is 10.8 Å². The molecule has 6 heteroatoms. The third kappa shape index (κ3) is 4.11. The lowest BCUT2D eigenvalue weighted by Gasteiger charge is -2.23. The van der Waals surface area contributed by atoms with Crippen molar-refractivity contribution in [1.29, 1.82) is 0 Å². The first-order chi connectivity index (χ1) is 12.5. The highest BCUT2D eigenvalue weighted by Gasteiger charge is 2.29. The predicted molar refractivity (Wildman–Crippen MR) is 99.7 cm³/mol. The van der Waals surface area contributed by atoms with Crippen molar-refractivity contribution in [3.63, 3.8) is 0 Å². The standard InChI is InChI=1S/C20H20N2O3S/c21-19(15-7-3-1-4-8-15)20(16-9-5-2-6-10-16)22-26(24,25)18-13-11-17(23)12-14-18/h1-14,19-20,22-23H,21H2/p+1/t19-,20-/m1/s1. The summed E-state index contributed by atoms with van der Waals surface area (Å²) in [5.41, 5.74) is 5.98. The van der Waals surface area contributed by atoms with Crippen LogP contribution in [0.5, 0.6) is 5.75 Å². The summed E-state index contributed by atoms with van der Waals surface area (Å²) in [6.07, 6.45) is 0. The molecular formula is C20H21N2O3S+. The maximum absolute atomic E-state index is 12.8. The van der Waals surface area contributed by atoms with Gasteiger partial charge in [-0.25, -0.2) is 8.42 Å². The average Bonchev–Trinajstić information content (AvgIpc) is 2.67. The van der Waals surface area contributed by atoms with Crippen LogP contribution < -0.4 is 10.5 Å². The molecule has 0 bridgehead atoms. The summed E-state index contributed by atoms with van der Waals surface area (Å²) in [6.45, 7) is 0. The second-order valence-corrected chi connectivity index (χ2v) is 7.73. The molecule has 0 radical (unpaired) electrons. The number of benzene rings is 3.